The van der Waals surface area contributed by atoms with Crippen molar-refractivity contribution < 1.29 is 23.8 Å². The fourth-order valence-corrected chi connectivity index (χ4v) is 3.27. The predicted octanol–water partition coefficient (Wildman–Crippen LogP) is 4.08. The van der Waals surface area contributed by atoms with Crippen molar-refractivity contribution in [1.82, 2.24) is 4.90 Å². The normalized spacial score (nSPS) is 15.9. The van der Waals surface area contributed by atoms with Gasteiger partial charge in [0.25, 0.3) is 5.91 Å². The Bertz CT molecular complexity index is 669. The van der Waals surface area contributed by atoms with E-state index >= 15 is 0 Å². The van der Waals surface area contributed by atoms with Crippen LogP contribution in [0.3, 0.4) is 0 Å². The highest BCUT2D eigenvalue weighted by Gasteiger charge is 2.26. The minimum Gasteiger partial charge on any atom is -0.493 e. The third kappa shape index (κ3) is 5.76. The van der Waals surface area contributed by atoms with E-state index in [0.717, 1.165) is 25.7 Å². The Morgan fingerprint density at radius 2 is 1.70 bits per heavy atom. The summed E-state index contributed by atoms with van der Waals surface area (Å²) < 4.78 is 16.3. The van der Waals surface area contributed by atoms with Gasteiger partial charge in [-0.3, -0.25) is 4.79 Å². The molecule has 1 fully saturated rings. The van der Waals surface area contributed by atoms with Crippen LogP contribution in [0.25, 0.3) is 0 Å². The number of amides is 1. The van der Waals surface area contributed by atoms with E-state index in [4.69, 9.17) is 25.8 Å². The van der Waals surface area contributed by atoms with Gasteiger partial charge in [0.2, 0.25) is 0 Å². The first kappa shape index (κ1) is 21.4. The van der Waals surface area contributed by atoms with E-state index in [-0.39, 0.29) is 22.6 Å². The number of nitrogens with zero attached hydrogens (tertiary/aromatic N) is 1. The number of rotatable bonds is 6. The maximum absolute atomic E-state index is 12.6. The van der Waals surface area contributed by atoms with Gasteiger partial charge >= 0.3 is 5.97 Å². The summed E-state index contributed by atoms with van der Waals surface area (Å²) in [5.74, 6) is -0.0703. The number of halogens is 1. The number of hydrogen-bond donors (Lipinski definition) is 0. The largest absolute Gasteiger partial charge is 0.493 e. The molecule has 0 N–H and O–H groups in total. The third-order valence-electron chi connectivity index (χ3n) is 4.37. The molecule has 0 saturated carbocycles. The summed E-state index contributed by atoms with van der Waals surface area (Å²) in [5, 5.41) is 0.251. The molecule has 1 aliphatic rings. The fourth-order valence-electron chi connectivity index (χ4n) is 3.01. The molecule has 1 aromatic carbocycles. The molecule has 6 nitrogen and oxygen atoms in total. The van der Waals surface area contributed by atoms with Crippen LogP contribution in [0.4, 0.5) is 0 Å². The summed E-state index contributed by atoms with van der Waals surface area (Å²) in [7, 11) is 1.47. The number of hydrogen-bond acceptors (Lipinski definition) is 5. The van der Waals surface area contributed by atoms with Crippen molar-refractivity contribution >= 4 is 23.5 Å². The lowest BCUT2D eigenvalue weighted by Gasteiger charge is -2.24. The third-order valence-corrected chi connectivity index (χ3v) is 4.65. The molecular weight excluding hydrogens is 370 g/mol. The second-order valence-corrected chi connectivity index (χ2v) is 7.35. The molecule has 1 aromatic rings. The lowest BCUT2D eigenvalue weighted by atomic mass is 10.2. The Kier molecular flexibility index (Phi) is 7.78. The highest BCUT2D eigenvalue weighted by Crippen LogP contribution is 2.37. The highest BCUT2D eigenvalue weighted by atomic mass is 35.5. The van der Waals surface area contributed by atoms with Crippen molar-refractivity contribution in [1.29, 1.82) is 0 Å². The van der Waals surface area contributed by atoms with Crippen LogP contribution < -0.4 is 9.47 Å². The van der Waals surface area contributed by atoms with Gasteiger partial charge in [0.05, 0.1) is 23.8 Å². The molecule has 27 heavy (non-hydrogen) atoms. The topological polar surface area (TPSA) is 65.1 Å². The van der Waals surface area contributed by atoms with E-state index < -0.39 is 12.1 Å². The highest BCUT2D eigenvalue weighted by molar-refractivity contribution is 6.32. The van der Waals surface area contributed by atoms with E-state index in [0.29, 0.717) is 24.6 Å². The molecule has 2 rings (SSSR count). The summed E-state index contributed by atoms with van der Waals surface area (Å²) in [5.41, 5.74) is 0.212. The first-order valence-corrected chi connectivity index (χ1v) is 9.75. The molecule has 0 radical (unpaired) electrons. The van der Waals surface area contributed by atoms with Crippen molar-refractivity contribution in [2.45, 2.75) is 58.7 Å². The zero-order valence-corrected chi connectivity index (χ0v) is 17.2. The second-order valence-electron chi connectivity index (χ2n) is 6.94. The van der Waals surface area contributed by atoms with Crippen molar-refractivity contribution in [3.63, 3.8) is 0 Å². The van der Waals surface area contributed by atoms with Gasteiger partial charge in [-0.2, -0.15) is 0 Å². The van der Waals surface area contributed by atoms with Crippen LogP contribution in [-0.2, 0) is 9.53 Å². The maximum Gasteiger partial charge on any atom is 0.339 e. The number of benzene rings is 1. The number of carbonyl (C=O) groups is 2. The summed E-state index contributed by atoms with van der Waals surface area (Å²) in [6.07, 6.45) is 3.27. The van der Waals surface area contributed by atoms with Crippen LogP contribution in [0.5, 0.6) is 11.5 Å². The summed E-state index contributed by atoms with van der Waals surface area (Å²) in [6.45, 7) is 6.76. The molecule has 1 saturated heterocycles. The zero-order valence-electron chi connectivity index (χ0n) is 16.4. The van der Waals surface area contributed by atoms with Crippen molar-refractivity contribution in [2.75, 3.05) is 20.2 Å². The number of methoxy groups -OCH3 is 1. The Labute approximate surface area is 165 Å². The summed E-state index contributed by atoms with van der Waals surface area (Å²) in [6, 6.07) is 2.97. The first-order valence-electron chi connectivity index (χ1n) is 9.37. The molecule has 0 aromatic heterocycles. The molecule has 1 atom stereocenters. The van der Waals surface area contributed by atoms with Gasteiger partial charge in [-0.1, -0.05) is 24.4 Å². The monoisotopic (exact) mass is 397 g/mol. The summed E-state index contributed by atoms with van der Waals surface area (Å²) in [4.78, 5) is 26.9. The predicted molar refractivity (Wildman–Crippen MR) is 104 cm³/mol. The van der Waals surface area contributed by atoms with E-state index in [1.54, 1.807) is 11.8 Å². The van der Waals surface area contributed by atoms with E-state index in [2.05, 4.69) is 0 Å². The molecule has 0 unspecified atom stereocenters. The van der Waals surface area contributed by atoms with Crippen LogP contribution >= 0.6 is 11.6 Å². The Balaban J connectivity index is 2.10. The molecule has 1 amide bonds. The maximum atomic E-state index is 12.6. The van der Waals surface area contributed by atoms with E-state index in [1.165, 1.54) is 19.2 Å². The Hall–Kier alpha value is -1.95. The zero-order chi connectivity index (χ0) is 20.0. The molecule has 150 valence electrons. The second kappa shape index (κ2) is 9.83. The minimum absolute atomic E-state index is 0.0968. The Morgan fingerprint density at radius 1 is 1.07 bits per heavy atom. The van der Waals surface area contributed by atoms with Crippen LogP contribution in [0.15, 0.2) is 12.1 Å². The molecule has 7 heteroatoms. The minimum atomic E-state index is -0.855. The number of likely N-dealkylation sites (tertiary alicyclic amines) is 1. The van der Waals surface area contributed by atoms with Gasteiger partial charge < -0.3 is 19.1 Å². The molecule has 0 spiro atoms. The van der Waals surface area contributed by atoms with Gasteiger partial charge in [0.15, 0.2) is 17.6 Å². The van der Waals surface area contributed by atoms with E-state index in [9.17, 15) is 9.59 Å². The smallest absolute Gasteiger partial charge is 0.339 e. The van der Waals surface area contributed by atoms with Crippen LogP contribution in [-0.4, -0.2) is 49.2 Å². The van der Waals surface area contributed by atoms with Gasteiger partial charge in [-0.15, -0.1) is 0 Å². The molecule has 1 heterocycles. The lowest BCUT2D eigenvalue weighted by Crippen LogP contribution is -2.40. The number of esters is 1. The van der Waals surface area contributed by atoms with Crippen LogP contribution in [0.2, 0.25) is 5.02 Å². The molecular formula is C20H28ClNO5. The van der Waals surface area contributed by atoms with Crippen molar-refractivity contribution in [3.8, 4) is 11.5 Å². The summed E-state index contributed by atoms with van der Waals surface area (Å²) >= 11 is 6.25. The van der Waals surface area contributed by atoms with E-state index in [1.807, 2.05) is 13.8 Å². The van der Waals surface area contributed by atoms with Gasteiger partial charge in [0, 0.05) is 13.1 Å². The van der Waals surface area contributed by atoms with Gasteiger partial charge in [0.1, 0.15) is 0 Å². The number of ether oxygens (including phenoxy) is 3. The lowest BCUT2D eigenvalue weighted by molar-refractivity contribution is -0.139. The van der Waals surface area contributed by atoms with Crippen LogP contribution in [0, 0.1) is 0 Å². The average Bonchev–Trinajstić information content (AvgIpc) is 2.91. The van der Waals surface area contributed by atoms with Gasteiger partial charge in [-0.05, 0) is 45.7 Å². The van der Waals surface area contributed by atoms with Crippen molar-refractivity contribution in [2.24, 2.45) is 0 Å². The standard InChI is InChI=1S/C20H28ClNO5/c1-13(2)26-18-16(21)11-15(12-17(18)25-4)20(24)27-14(3)19(23)22-9-7-5-6-8-10-22/h11-14H,5-10H2,1-4H3/t14-/m1/s1. The SMILES string of the molecule is COc1cc(C(=O)O[C@H](C)C(=O)N2CCCCCC2)cc(Cl)c1OC(C)C. The van der Waals surface area contributed by atoms with Crippen LogP contribution in [0.1, 0.15) is 56.8 Å². The average molecular weight is 398 g/mol. The molecule has 0 aliphatic carbocycles. The fraction of sp³-hybridized carbons (Fsp3) is 0.600. The molecule has 1 aliphatic heterocycles. The van der Waals surface area contributed by atoms with Crippen molar-refractivity contribution in [3.05, 3.63) is 22.7 Å². The first-order chi connectivity index (χ1) is 12.8. The quantitative estimate of drug-likeness (QED) is 0.676. The molecule has 0 bridgehead atoms. The van der Waals surface area contributed by atoms with Gasteiger partial charge in [-0.25, -0.2) is 4.79 Å². The Morgan fingerprint density at radius 3 is 2.26 bits per heavy atom. The number of carbonyl (C=O) groups excluding carboxylic acids is 2.